The molecule has 30 heavy (non-hydrogen) atoms. The molecule has 5 nitrogen and oxygen atoms in total. The van der Waals surface area contributed by atoms with Crippen LogP contribution in [0.15, 0.2) is 42.5 Å². The molecule has 0 radical (unpaired) electrons. The minimum absolute atomic E-state index is 0.0509. The summed E-state index contributed by atoms with van der Waals surface area (Å²) in [7, 11) is 1.60. The first kappa shape index (κ1) is 20.7. The standard InChI is InChI=1S/C23H23ClN2O3S/c1-14-9-11-26(12-10-14)23(28)16-5-3-4-6-18(16)25-22(27)21-20(24)17-8-7-15(29-2)13-19(17)30-21/h3-8,13-14H,9-12H2,1-2H3,(H,25,27). The Labute approximate surface area is 184 Å². The van der Waals surface area contributed by atoms with Gasteiger partial charge in [-0.2, -0.15) is 0 Å². The van der Waals surface area contributed by atoms with Crippen LogP contribution in [0.1, 0.15) is 39.8 Å². The summed E-state index contributed by atoms with van der Waals surface area (Å²) in [5.74, 6) is 0.967. The Bertz CT molecular complexity index is 1100. The van der Waals surface area contributed by atoms with Crippen LogP contribution in [0.5, 0.6) is 5.75 Å². The van der Waals surface area contributed by atoms with Crippen LogP contribution in [-0.2, 0) is 0 Å². The lowest BCUT2D eigenvalue weighted by atomic mass is 9.98. The van der Waals surface area contributed by atoms with E-state index in [1.807, 2.05) is 35.2 Å². The zero-order valence-electron chi connectivity index (χ0n) is 16.9. The lowest BCUT2D eigenvalue weighted by molar-refractivity contribution is 0.0698. The van der Waals surface area contributed by atoms with Crippen molar-refractivity contribution in [2.45, 2.75) is 19.8 Å². The topological polar surface area (TPSA) is 58.6 Å². The summed E-state index contributed by atoms with van der Waals surface area (Å²) in [4.78, 5) is 28.3. The maximum Gasteiger partial charge on any atom is 0.267 e. The smallest absolute Gasteiger partial charge is 0.267 e. The van der Waals surface area contributed by atoms with Crippen molar-refractivity contribution in [3.05, 3.63) is 57.9 Å². The van der Waals surface area contributed by atoms with Crippen LogP contribution in [0.2, 0.25) is 5.02 Å². The van der Waals surface area contributed by atoms with E-state index in [4.69, 9.17) is 16.3 Å². The number of anilines is 1. The van der Waals surface area contributed by atoms with E-state index in [2.05, 4.69) is 12.2 Å². The van der Waals surface area contributed by atoms with Crippen LogP contribution in [0.3, 0.4) is 0 Å². The summed E-state index contributed by atoms with van der Waals surface area (Å²) in [5.41, 5.74) is 0.997. The summed E-state index contributed by atoms with van der Waals surface area (Å²) >= 11 is 7.79. The van der Waals surface area contributed by atoms with Crippen LogP contribution in [0, 0.1) is 5.92 Å². The van der Waals surface area contributed by atoms with Crippen molar-refractivity contribution in [3.63, 3.8) is 0 Å². The highest BCUT2D eigenvalue weighted by Gasteiger charge is 2.25. The van der Waals surface area contributed by atoms with Crippen molar-refractivity contribution in [1.29, 1.82) is 0 Å². The number of hydrogen-bond donors (Lipinski definition) is 1. The fraction of sp³-hybridized carbons (Fsp3) is 0.304. The predicted octanol–water partition coefficient (Wildman–Crippen LogP) is 5.69. The van der Waals surface area contributed by atoms with E-state index in [0.717, 1.165) is 36.0 Å². The maximum atomic E-state index is 13.1. The van der Waals surface area contributed by atoms with Gasteiger partial charge in [-0.05, 0) is 49.1 Å². The average molecular weight is 443 g/mol. The van der Waals surface area contributed by atoms with Crippen molar-refractivity contribution in [2.75, 3.05) is 25.5 Å². The van der Waals surface area contributed by atoms with E-state index in [9.17, 15) is 9.59 Å². The maximum absolute atomic E-state index is 13.1. The molecule has 3 aromatic rings. The molecule has 0 aliphatic carbocycles. The molecule has 156 valence electrons. The average Bonchev–Trinajstić information content (AvgIpc) is 3.10. The molecule has 1 N–H and O–H groups in total. The van der Waals surface area contributed by atoms with Crippen LogP contribution >= 0.6 is 22.9 Å². The van der Waals surface area contributed by atoms with Gasteiger partial charge >= 0.3 is 0 Å². The summed E-state index contributed by atoms with van der Waals surface area (Å²) in [6.07, 6.45) is 2.00. The highest BCUT2D eigenvalue weighted by Crippen LogP contribution is 2.37. The Morgan fingerprint density at radius 2 is 1.90 bits per heavy atom. The van der Waals surface area contributed by atoms with Gasteiger partial charge in [0, 0.05) is 23.2 Å². The van der Waals surface area contributed by atoms with E-state index in [0.29, 0.717) is 32.8 Å². The SMILES string of the molecule is COc1ccc2c(Cl)c(C(=O)Nc3ccccc3C(=O)N3CCC(C)CC3)sc2c1. The number of benzene rings is 2. The number of hydrogen-bond acceptors (Lipinski definition) is 4. The molecule has 0 spiro atoms. The Balaban J connectivity index is 1.59. The van der Waals surface area contributed by atoms with E-state index in [-0.39, 0.29) is 11.8 Å². The molecule has 0 saturated carbocycles. The number of nitrogens with zero attached hydrogens (tertiary/aromatic N) is 1. The Morgan fingerprint density at radius 3 is 2.63 bits per heavy atom. The number of para-hydroxylation sites is 1. The Hall–Kier alpha value is -2.57. The molecule has 0 atom stereocenters. The minimum Gasteiger partial charge on any atom is -0.497 e. The molecule has 4 rings (SSSR count). The van der Waals surface area contributed by atoms with E-state index in [1.54, 1.807) is 19.2 Å². The van der Waals surface area contributed by atoms with Gasteiger partial charge in [0.1, 0.15) is 10.6 Å². The van der Waals surface area contributed by atoms with Crippen molar-refractivity contribution in [3.8, 4) is 5.75 Å². The number of rotatable bonds is 4. The summed E-state index contributed by atoms with van der Waals surface area (Å²) in [6, 6.07) is 12.7. The molecule has 0 unspecified atom stereocenters. The largest absolute Gasteiger partial charge is 0.497 e. The summed E-state index contributed by atoms with van der Waals surface area (Å²) in [5, 5.41) is 4.11. The van der Waals surface area contributed by atoms with E-state index < -0.39 is 0 Å². The van der Waals surface area contributed by atoms with Crippen molar-refractivity contribution in [1.82, 2.24) is 4.90 Å². The normalized spacial score (nSPS) is 14.7. The van der Waals surface area contributed by atoms with E-state index in [1.165, 1.54) is 11.3 Å². The van der Waals surface area contributed by atoms with Gasteiger partial charge in [-0.3, -0.25) is 9.59 Å². The zero-order chi connectivity index (χ0) is 21.3. The van der Waals surface area contributed by atoms with Crippen molar-refractivity contribution in [2.24, 2.45) is 5.92 Å². The number of halogens is 1. The molecule has 1 saturated heterocycles. The number of ether oxygens (including phenoxy) is 1. The predicted molar refractivity (Wildman–Crippen MR) is 122 cm³/mol. The molecule has 7 heteroatoms. The molecule has 1 fully saturated rings. The number of amides is 2. The lowest BCUT2D eigenvalue weighted by Gasteiger charge is -2.30. The van der Waals surface area contributed by atoms with Gasteiger partial charge in [-0.25, -0.2) is 0 Å². The second-order valence-electron chi connectivity index (χ2n) is 7.58. The highest BCUT2D eigenvalue weighted by molar-refractivity contribution is 7.21. The number of carbonyl (C=O) groups is 2. The molecule has 2 aromatic carbocycles. The van der Waals surface area contributed by atoms with Gasteiger partial charge in [0.15, 0.2) is 0 Å². The van der Waals surface area contributed by atoms with Crippen molar-refractivity contribution < 1.29 is 14.3 Å². The fourth-order valence-electron chi connectivity index (χ4n) is 3.66. The summed E-state index contributed by atoms with van der Waals surface area (Å²) in [6.45, 7) is 3.69. The van der Waals surface area contributed by atoms with Crippen LogP contribution in [-0.4, -0.2) is 36.9 Å². The van der Waals surface area contributed by atoms with Gasteiger partial charge in [0.05, 0.1) is 23.4 Å². The van der Waals surface area contributed by atoms with Crippen LogP contribution < -0.4 is 10.1 Å². The molecule has 1 aliphatic rings. The molecular weight excluding hydrogens is 420 g/mol. The molecule has 1 aromatic heterocycles. The molecule has 2 amide bonds. The molecule has 0 bridgehead atoms. The lowest BCUT2D eigenvalue weighted by Crippen LogP contribution is -2.38. The first-order valence-electron chi connectivity index (χ1n) is 9.93. The summed E-state index contributed by atoms with van der Waals surface area (Å²) < 4.78 is 6.13. The first-order chi connectivity index (χ1) is 14.5. The second kappa shape index (κ2) is 8.66. The Kier molecular flexibility index (Phi) is 5.97. The highest BCUT2D eigenvalue weighted by atomic mass is 35.5. The monoisotopic (exact) mass is 442 g/mol. The number of piperidine rings is 1. The fourth-order valence-corrected chi connectivity index (χ4v) is 5.10. The quantitative estimate of drug-likeness (QED) is 0.564. The molecule has 1 aliphatic heterocycles. The third-order valence-corrected chi connectivity index (χ3v) is 7.18. The van der Waals surface area contributed by atoms with Gasteiger partial charge in [-0.1, -0.05) is 30.7 Å². The Morgan fingerprint density at radius 1 is 1.17 bits per heavy atom. The number of nitrogens with one attached hydrogen (secondary N) is 1. The van der Waals surface area contributed by atoms with E-state index >= 15 is 0 Å². The number of methoxy groups -OCH3 is 1. The van der Waals surface area contributed by atoms with Gasteiger partial charge in [0.25, 0.3) is 11.8 Å². The minimum atomic E-state index is -0.326. The number of carbonyl (C=O) groups excluding carboxylic acids is 2. The van der Waals surface area contributed by atoms with Crippen molar-refractivity contribution >= 4 is 50.5 Å². The molecule has 2 heterocycles. The van der Waals surface area contributed by atoms with Gasteiger partial charge in [-0.15, -0.1) is 11.3 Å². The number of fused-ring (bicyclic) bond motifs is 1. The van der Waals surface area contributed by atoms with Crippen LogP contribution in [0.25, 0.3) is 10.1 Å². The van der Waals surface area contributed by atoms with Crippen LogP contribution in [0.4, 0.5) is 5.69 Å². The third kappa shape index (κ3) is 4.02. The number of likely N-dealkylation sites (tertiary alicyclic amines) is 1. The zero-order valence-corrected chi connectivity index (χ0v) is 18.5. The number of thiophene rings is 1. The van der Waals surface area contributed by atoms with Gasteiger partial charge < -0.3 is 15.0 Å². The first-order valence-corrected chi connectivity index (χ1v) is 11.1. The second-order valence-corrected chi connectivity index (χ2v) is 9.01. The third-order valence-electron chi connectivity index (χ3n) is 5.52. The van der Waals surface area contributed by atoms with Gasteiger partial charge in [0.2, 0.25) is 0 Å². The molecular formula is C23H23ClN2O3S.